The number of fused-ring (bicyclic) bond motifs is 1. The van der Waals surface area contributed by atoms with Crippen LogP contribution >= 0.6 is 0 Å². The SMILES string of the molecule is CNC(=O)c1cc(C(=O)NCCCC2(F)CCCNC2)cc2c1OC(C)C2. The van der Waals surface area contributed by atoms with Crippen molar-refractivity contribution in [2.24, 2.45) is 0 Å². The Hall–Kier alpha value is -2.15. The van der Waals surface area contributed by atoms with E-state index < -0.39 is 5.67 Å². The summed E-state index contributed by atoms with van der Waals surface area (Å²) in [5.41, 5.74) is 0.501. The molecule has 1 aromatic carbocycles. The van der Waals surface area contributed by atoms with Gasteiger partial charge < -0.3 is 20.7 Å². The van der Waals surface area contributed by atoms with E-state index in [2.05, 4.69) is 16.0 Å². The molecule has 2 amide bonds. The standard InChI is InChI=1S/C20H28FN3O3/c1-13-9-14-10-15(11-16(17(14)27-13)19(26)22-2)18(25)24-8-4-6-20(21)5-3-7-23-12-20/h10-11,13,23H,3-9,12H2,1-2H3,(H,22,26)(H,24,25). The molecule has 3 rings (SSSR count). The van der Waals surface area contributed by atoms with Gasteiger partial charge in [-0.15, -0.1) is 0 Å². The van der Waals surface area contributed by atoms with Crippen LogP contribution in [0.4, 0.5) is 4.39 Å². The van der Waals surface area contributed by atoms with Crippen molar-refractivity contribution in [3.05, 3.63) is 28.8 Å². The van der Waals surface area contributed by atoms with Crippen LogP contribution in [-0.2, 0) is 6.42 Å². The average Bonchev–Trinajstić information content (AvgIpc) is 3.04. The first kappa shape index (κ1) is 19.6. The number of ether oxygens (including phenoxy) is 1. The molecule has 2 heterocycles. The molecule has 1 aromatic rings. The van der Waals surface area contributed by atoms with Crippen molar-refractivity contribution in [3.63, 3.8) is 0 Å². The zero-order chi connectivity index (χ0) is 19.4. The van der Waals surface area contributed by atoms with Crippen molar-refractivity contribution in [2.75, 3.05) is 26.7 Å². The number of amides is 2. The van der Waals surface area contributed by atoms with Crippen LogP contribution in [0.15, 0.2) is 12.1 Å². The predicted molar refractivity (Wildman–Crippen MR) is 101 cm³/mol. The van der Waals surface area contributed by atoms with Gasteiger partial charge in [0, 0.05) is 32.1 Å². The second-order valence-corrected chi connectivity index (χ2v) is 7.51. The van der Waals surface area contributed by atoms with Gasteiger partial charge in [-0.05, 0) is 56.8 Å². The molecule has 148 valence electrons. The fraction of sp³-hybridized carbons (Fsp3) is 0.600. The molecular weight excluding hydrogens is 349 g/mol. The number of benzene rings is 1. The molecule has 1 saturated heterocycles. The molecule has 2 atom stereocenters. The van der Waals surface area contributed by atoms with Crippen LogP contribution < -0.4 is 20.7 Å². The van der Waals surface area contributed by atoms with Gasteiger partial charge in [0.1, 0.15) is 17.5 Å². The lowest BCUT2D eigenvalue weighted by Gasteiger charge is -2.30. The van der Waals surface area contributed by atoms with Gasteiger partial charge in [0.2, 0.25) is 0 Å². The normalized spacial score (nSPS) is 24.0. The molecule has 0 radical (unpaired) electrons. The van der Waals surface area contributed by atoms with Gasteiger partial charge in [-0.25, -0.2) is 4.39 Å². The monoisotopic (exact) mass is 377 g/mol. The number of alkyl halides is 1. The molecule has 2 unspecified atom stereocenters. The summed E-state index contributed by atoms with van der Waals surface area (Å²) in [7, 11) is 1.55. The Labute approximate surface area is 159 Å². The van der Waals surface area contributed by atoms with Crippen molar-refractivity contribution in [1.29, 1.82) is 0 Å². The number of piperidine rings is 1. The highest BCUT2D eigenvalue weighted by molar-refractivity contribution is 6.02. The van der Waals surface area contributed by atoms with Gasteiger partial charge in [-0.1, -0.05) is 0 Å². The van der Waals surface area contributed by atoms with Gasteiger partial charge in [-0.3, -0.25) is 9.59 Å². The third kappa shape index (κ3) is 4.58. The van der Waals surface area contributed by atoms with Crippen molar-refractivity contribution in [3.8, 4) is 5.75 Å². The molecule has 0 aliphatic carbocycles. The van der Waals surface area contributed by atoms with Crippen LogP contribution in [0, 0.1) is 0 Å². The van der Waals surface area contributed by atoms with Gasteiger partial charge in [0.25, 0.3) is 11.8 Å². The number of carbonyl (C=O) groups excluding carboxylic acids is 2. The highest BCUT2D eigenvalue weighted by Gasteiger charge is 2.31. The van der Waals surface area contributed by atoms with Crippen LogP contribution in [0.2, 0.25) is 0 Å². The summed E-state index contributed by atoms with van der Waals surface area (Å²) in [6.45, 7) is 3.60. The minimum atomic E-state index is -1.17. The summed E-state index contributed by atoms with van der Waals surface area (Å²) >= 11 is 0. The van der Waals surface area contributed by atoms with E-state index in [0.29, 0.717) is 55.6 Å². The van der Waals surface area contributed by atoms with Crippen molar-refractivity contribution in [1.82, 2.24) is 16.0 Å². The zero-order valence-corrected chi connectivity index (χ0v) is 16.0. The maximum atomic E-state index is 14.6. The maximum Gasteiger partial charge on any atom is 0.254 e. The lowest BCUT2D eigenvalue weighted by Crippen LogP contribution is -2.42. The van der Waals surface area contributed by atoms with Crippen LogP contribution in [-0.4, -0.2) is 50.3 Å². The topological polar surface area (TPSA) is 79.5 Å². The summed E-state index contributed by atoms with van der Waals surface area (Å²) in [4.78, 5) is 24.7. The Morgan fingerprint density at radius 2 is 2.19 bits per heavy atom. The molecule has 2 aliphatic rings. The molecule has 1 fully saturated rings. The Morgan fingerprint density at radius 3 is 2.89 bits per heavy atom. The Morgan fingerprint density at radius 1 is 1.37 bits per heavy atom. The highest BCUT2D eigenvalue weighted by Crippen LogP contribution is 2.34. The Balaban J connectivity index is 1.61. The molecule has 0 aromatic heterocycles. The molecule has 27 heavy (non-hydrogen) atoms. The van der Waals surface area contributed by atoms with Crippen LogP contribution in [0.1, 0.15) is 58.9 Å². The first-order chi connectivity index (χ1) is 12.9. The lowest BCUT2D eigenvalue weighted by atomic mass is 9.91. The van der Waals surface area contributed by atoms with E-state index in [1.54, 1.807) is 19.2 Å². The lowest BCUT2D eigenvalue weighted by molar-refractivity contribution is 0.0929. The number of carbonyl (C=O) groups is 2. The number of rotatable bonds is 6. The van der Waals surface area contributed by atoms with E-state index in [1.807, 2.05) is 6.92 Å². The van der Waals surface area contributed by atoms with E-state index in [-0.39, 0.29) is 17.9 Å². The highest BCUT2D eigenvalue weighted by atomic mass is 19.1. The van der Waals surface area contributed by atoms with Crippen LogP contribution in [0.5, 0.6) is 5.75 Å². The summed E-state index contributed by atoms with van der Waals surface area (Å²) in [5.74, 6) is 0.0268. The fourth-order valence-electron chi connectivity index (χ4n) is 3.82. The van der Waals surface area contributed by atoms with Crippen molar-refractivity contribution >= 4 is 11.8 Å². The van der Waals surface area contributed by atoms with Crippen LogP contribution in [0.25, 0.3) is 0 Å². The van der Waals surface area contributed by atoms with E-state index in [9.17, 15) is 14.0 Å². The zero-order valence-electron chi connectivity index (χ0n) is 16.0. The quantitative estimate of drug-likeness (QED) is 0.663. The van der Waals surface area contributed by atoms with E-state index >= 15 is 0 Å². The smallest absolute Gasteiger partial charge is 0.254 e. The van der Waals surface area contributed by atoms with Crippen LogP contribution in [0.3, 0.4) is 0 Å². The van der Waals surface area contributed by atoms with E-state index in [1.165, 1.54) is 0 Å². The van der Waals surface area contributed by atoms with Crippen molar-refractivity contribution < 1.29 is 18.7 Å². The summed E-state index contributed by atoms with van der Waals surface area (Å²) in [6.07, 6.45) is 3.08. The molecule has 0 saturated carbocycles. The third-order valence-corrected chi connectivity index (χ3v) is 5.23. The maximum absolute atomic E-state index is 14.6. The number of nitrogens with one attached hydrogen (secondary N) is 3. The minimum Gasteiger partial charge on any atom is -0.489 e. The first-order valence-electron chi connectivity index (χ1n) is 9.65. The second kappa shape index (κ2) is 8.25. The molecule has 3 N–H and O–H groups in total. The molecule has 2 aliphatic heterocycles. The first-order valence-corrected chi connectivity index (χ1v) is 9.65. The molecule has 7 heteroatoms. The van der Waals surface area contributed by atoms with Crippen molar-refractivity contribution in [2.45, 2.75) is 50.8 Å². The molecule has 0 bridgehead atoms. The van der Waals surface area contributed by atoms with Gasteiger partial charge in [0.05, 0.1) is 5.56 Å². The van der Waals surface area contributed by atoms with E-state index in [0.717, 1.165) is 18.5 Å². The largest absolute Gasteiger partial charge is 0.489 e. The number of hydrogen-bond acceptors (Lipinski definition) is 4. The summed E-state index contributed by atoms with van der Waals surface area (Å²) < 4.78 is 20.3. The minimum absolute atomic E-state index is 0.0217. The summed E-state index contributed by atoms with van der Waals surface area (Å²) in [5, 5.41) is 8.52. The summed E-state index contributed by atoms with van der Waals surface area (Å²) in [6, 6.07) is 3.34. The second-order valence-electron chi connectivity index (χ2n) is 7.51. The Bertz CT molecular complexity index is 717. The molecular formula is C20H28FN3O3. The Kier molecular flexibility index (Phi) is 5.99. The van der Waals surface area contributed by atoms with Gasteiger partial charge >= 0.3 is 0 Å². The fourth-order valence-corrected chi connectivity index (χ4v) is 3.82. The third-order valence-electron chi connectivity index (χ3n) is 5.23. The van der Waals surface area contributed by atoms with Gasteiger partial charge in [0.15, 0.2) is 0 Å². The van der Waals surface area contributed by atoms with E-state index in [4.69, 9.17) is 4.74 Å². The molecule has 6 nitrogen and oxygen atoms in total. The number of halogens is 1. The number of hydrogen-bond donors (Lipinski definition) is 3. The predicted octanol–water partition coefficient (Wildman–Crippen LogP) is 1.97. The van der Waals surface area contributed by atoms with Gasteiger partial charge in [-0.2, -0.15) is 0 Å². The average molecular weight is 377 g/mol. The molecule has 0 spiro atoms.